The number of hydrogen-bond donors (Lipinski definition) is 5. The van der Waals surface area contributed by atoms with E-state index < -0.39 is 42.2 Å². The van der Waals surface area contributed by atoms with E-state index in [-0.39, 0.29) is 5.75 Å². The smallest absolute Gasteiger partial charge is 0.323 e. The molecule has 1 atom stereocenters. The van der Waals surface area contributed by atoms with E-state index in [1.807, 2.05) is 4.90 Å². The maximum absolute atomic E-state index is 10.4. The average molecular weight is 360 g/mol. The molecule has 1 fully saturated rings. The van der Waals surface area contributed by atoms with Crippen LogP contribution < -0.4 is 0 Å². The summed E-state index contributed by atoms with van der Waals surface area (Å²) in [7, 11) is -3.81. The molecule has 1 heterocycles. The largest absolute Gasteiger partial charge is 0.480 e. The SMILES string of the molecule is O=C(O)C(CO)N(CO)CO.O=S(=O)(O)CCN1CCOCC1. The lowest BCUT2D eigenvalue weighted by Crippen LogP contribution is -2.44. The van der Waals surface area contributed by atoms with E-state index in [9.17, 15) is 13.2 Å². The molecule has 0 spiro atoms. The molecule has 1 rings (SSSR count). The molecule has 23 heavy (non-hydrogen) atoms. The van der Waals surface area contributed by atoms with Crippen LogP contribution in [0.25, 0.3) is 0 Å². The van der Waals surface area contributed by atoms with Crippen molar-refractivity contribution >= 4 is 16.1 Å². The summed E-state index contributed by atoms with van der Waals surface area (Å²) in [6, 6.07) is -1.25. The first-order chi connectivity index (χ1) is 10.7. The van der Waals surface area contributed by atoms with Gasteiger partial charge in [-0.3, -0.25) is 14.2 Å². The number of aliphatic carboxylic acids is 1. The van der Waals surface area contributed by atoms with Gasteiger partial charge in [0.15, 0.2) is 0 Å². The van der Waals surface area contributed by atoms with Crippen molar-refractivity contribution in [2.75, 3.05) is 58.7 Å². The minimum atomic E-state index is -3.81. The second-order valence-corrected chi connectivity index (χ2v) is 6.22. The van der Waals surface area contributed by atoms with Crippen LogP contribution in [-0.4, -0.2) is 114 Å². The molecule has 1 aliphatic heterocycles. The van der Waals surface area contributed by atoms with Gasteiger partial charge in [-0.2, -0.15) is 8.42 Å². The molecule has 0 aromatic rings. The van der Waals surface area contributed by atoms with Gasteiger partial charge in [-0.15, -0.1) is 0 Å². The van der Waals surface area contributed by atoms with Gasteiger partial charge >= 0.3 is 5.97 Å². The summed E-state index contributed by atoms with van der Waals surface area (Å²) in [5, 5.41) is 33.8. The number of rotatable bonds is 8. The van der Waals surface area contributed by atoms with Gasteiger partial charge < -0.3 is 25.2 Å². The van der Waals surface area contributed by atoms with Crippen LogP contribution in [0.3, 0.4) is 0 Å². The Morgan fingerprint density at radius 2 is 1.70 bits per heavy atom. The summed E-state index contributed by atoms with van der Waals surface area (Å²) in [5.41, 5.74) is 0. The highest BCUT2D eigenvalue weighted by Gasteiger charge is 2.23. The number of aliphatic hydroxyl groups excluding tert-OH is 3. The lowest BCUT2D eigenvalue weighted by Gasteiger charge is -2.25. The quantitative estimate of drug-likeness (QED) is 0.219. The van der Waals surface area contributed by atoms with Crippen LogP contribution in [0.15, 0.2) is 0 Å². The molecule has 0 radical (unpaired) electrons. The van der Waals surface area contributed by atoms with Gasteiger partial charge in [-0.25, -0.2) is 4.90 Å². The fraction of sp³-hybridized carbons (Fsp3) is 0.909. The summed E-state index contributed by atoms with van der Waals surface area (Å²) in [4.78, 5) is 13.0. The Hall–Kier alpha value is -0.860. The minimum absolute atomic E-state index is 0.188. The molecule has 0 amide bonds. The van der Waals surface area contributed by atoms with Crippen molar-refractivity contribution in [2.45, 2.75) is 6.04 Å². The van der Waals surface area contributed by atoms with Crippen molar-refractivity contribution in [2.24, 2.45) is 0 Å². The van der Waals surface area contributed by atoms with Gasteiger partial charge in [0.25, 0.3) is 10.1 Å². The molecule has 0 aliphatic carbocycles. The normalized spacial score (nSPS) is 17.4. The van der Waals surface area contributed by atoms with Gasteiger partial charge in [0, 0.05) is 19.6 Å². The molecule has 0 aromatic heterocycles. The third-order valence-corrected chi connectivity index (χ3v) is 3.73. The molecule has 0 saturated carbocycles. The molecule has 12 heteroatoms. The fourth-order valence-corrected chi connectivity index (χ4v) is 2.15. The molecule has 138 valence electrons. The van der Waals surface area contributed by atoms with E-state index in [2.05, 4.69) is 0 Å². The number of hydrogen-bond acceptors (Lipinski definition) is 9. The Morgan fingerprint density at radius 3 is 2.00 bits per heavy atom. The molecule has 11 nitrogen and oxygen atoms in total. The lowest BCUT2D eigenvalue weighted by molar-refractivity contribution is -0.149. The molecular weight excluding hydrogens is 336 g/mol. The second kappa shape index (κ2) is 11.6. The maximum atomic E-state index is 10.4. The van der Waals surface area contributed by atoms with Crippen molar-refractivity contribution < 1.29 is 42.9 Å². The van der Waals surface area contributed by atoms with E-state index in [1.165, 1.54) is 0 Å². The van der Waals surface area contributed by atoms with E-state index in [0.29, 0.717) is 19.8 Å². The van der Waals surface area contributed by atoms with Crippen molar-refractivity contribution in [3.8, 4) is 0 Å². The van der Waals surface area contributed by atoms with E-state index in [1.54, 1.807) is 0 Å². The highest BCUT2D eigenvalue weighted by Crippen LogP contribution is 1.97. The summed E-state index contributed by atoms with van der Waals surface area (Å²) in [5.74, 6) is -1.47. The zero-order valence-electron chi connectivity index (χ0n) is 12.6. The van der Waals surface area contributed by atoms with Crippen molar-refractivity contribution in [3.05, 3.63) is 0 Å². The van der Waals surface area contributed by atoms with Gasteiger partial charge in [0.1, 0.15) is 6.04 Å². The van der Waals surface area contributed by atoms with Crippen LogP contribution in [0.5, 0.6) is 0 Å². The van der Waals surface area contributed by atoms with Crippen molar-refractivity contribution in [3.63, 3.8) is 0 Å². The van der Waals surface area contributed by atoms with Crippen LogP contribution in [0.2, 0.25) is 0 Å². The highest BCUT2D eigenvalue weighted by atomic mass is 32.2. The molecule has 1 aliphatic rings. The monoisotopic (exact) mass is 360 g/mol. The van der Waals surface area contributed by atoms with E-state index in [4.69, 9.17) is 29.7 Å². The number of aliphatic hydroxyl groups is 3. The first-order valence-corrected chi connectivity index (χ1v) is 8.40. The Labute approximate surface area is 134 Å². The van der Waals surface area contributed by atoms with Gasteiger partial charge in [0.05, 0.1) is 39.0 Å². The number of nitrogens with zero attached hydrogens (tertiary/aromatic N) is 2. The zero-order valence-corrected chi connectivity index (χ0v) is 13.4. The Balaban J connectivity index is 0.000000423. The lowest BCUT2D eigenvalue weighted by atomic mass is 10.3. The number of carboxylic acids is 1. The molecule has 0 aromatic carbocycles. The van der Waals surface area contributed by atoms with Crippen LogP contribution in [-0.2, 0) is 19.6 Å². The number of morpholine rings is 1. The van der Waals surface area contributed by atoms with Crippen molar-refractivity contribution in [1.29, 1.82) is 0 Å². The van der Waals surface area contributed by atoms with Gasteiger partial charge in [0.2, 0.25) is 0 Å². The zero-order chi connectivity index (χ0) is 17.9. The first-order valence-electron chi connectivity index (χ1n) is 6.79. The number of carboxylic acid groups (broad SMARTS) is 1. The van der Waals surface area contributed by atoms with E-state index in [0.717, 1.165) is 18.0 Å². The molecule has 0 bridgehead atoms. The predicted molar refractivity (Wildman–Crippen MR) is 78.2 cm³/mol. The summed E-state index contributed by atoms with van der Waals surface area (Å²) >= 11 is 0. The minimum Gasteiger partial charge on any atom is -0.480 e. The molecule has 1 unspecified atom stereocenters. The van der Waals surface area contributed by atoms with Crippen molar-refractivity contribution in [1.82, 2.24) is 9.80 Å². The maximum Gasteiger partial charge on any atom is 0.323 e. The summed E-state index contributed by atoms with van der Waals surface area (Å²) in [6.07, 6.45) is 0. The third kappa shape index (κ3) is 10.5. The molecule has 5 N–H and O–H groups in total. The molecule has 1 saturated heterocycles. The Kier molecular flexibility index (Phi) is 11.2. The number of ether oxygens (including phenoxy) is 1. The van der Waals surface area contributed by atoms with Crippen LogP contribution in [0, 0.1) is 0 Å². The number of carbonyl (C=O) groups is 1. The van der Waals surface area contributed by atoms with Gasteiger partial charge in [-0.1, -0.05) is 0 Å². The van der Waals surface area contributed by atoms with Crippen LogP contribution >= 0.6 is 0 Å². The molecular formula is C11H24N2O9S. The highest BCUT2D eigenvalue weighted by molar-refractivity contribution is 7.85. The second-order valence-electron chi connectivity index (χ2n) is 4.65. The summed E-state index contributed by atoms with van der Waals surface area (Å²) in [6.45, 7) is 1.32. The third-order valence-electron chi connectivity index (χ3n) is 3.03. The first kappa shape index (κ1) is 22.1. The van der Waals surface area contributed by atoms with Gasteiger partial charge in [-0.05, 0) is 0 Å². The Morgan fingerprint density at radius 1 is 1.17 bits per heavy atom. The fourth-order valence-electron chi connectivity index (χ4n) is 1.66. The Bertz CT molecular complexity index is 421. The van der Waals surface area contributed by atoms with Crippen LogP contribution in [0.1, 0.15) is 0 Å². The summed E-state index contributed by atoms with van der Waals surface area (Å²) < 4.78 is 34.3. The average Bonchev–Trinajstić information content (AvgIpc) is 2.51. The topological polar surface area (TPSA) is 168 Å². The standard InChI is InChI=1S/C6H13NO4S.C5H11NO5/c8-12(9,10)6-3-7-1-4-11-5-2-7;7-1-4(5(10)11)6(2-8)3-9/h1-6H2,(H,8,9,10);4,7-9H,1-3H2,(H,10,11). The predicted octanol–water partition coefficient (Wildman–Crippen LogP) is -3.16. The van der Waals surface area contributed by atoms with Crippen LogP contribution in [0.4, 0.5) is 0 Å². The van der Waals surface area contributed by atoms with E-state index >= 15 is 0 Å².